The number of carbonyl (C=O) groups is 3. The minimum atomic E-state index is -0.384. The van der Waals surface area contributed by atoms with E-state index in [1.165, 1.54) is 0 Å². The molecule has 0 spiro atoms. The fraction of sp³-hybridized carbons (Fsp3) is 0.567. The first-order valence-electron chi connectivity index (χ1n) is 13.2. The number of allylic oxidation sites excluding steroid dienone is 4. The molecule has 190 valence electrons. The molecule has 4 aliphatic carbocycles. The Balaban J connectivity index is 1.38. The van der Waals surface area contributed by atoms with Crippen LogP contribution in [0.5, 0.6) is 11.5 Å². The average Bonchev–Trinajstić information content (AvgIpc) is 3.21. The number of rotatable bonds is 3. The monoisotopic (exact) mass is 490 g/mol. The summed E-state index contributed by atoms with van der Waals surface area (Å²) in [5.74, 6) is 1.78. The second kappa shape index (κ2) is 8.32. The quantitative estimate of drug-likeness (QED) is 0.548. The largest absolute Gasteiger partial charge is 0.486 e. The van der Waals surface area contributed by atoms with Gasteiger partial charge in [-0.05, 0) is 85.1 Å². The Morgan fingerprint density at radius 2 is 1.86 bits per heavy atom. The second-order valence-electron chi connectivity index (χ2n) is 11.8. The van der Waals surface area contributed by atoms with E-state index in [4.69, 9.17) is 14.2 Å². The smallest absolute Gasteiger partial charge is 0.338 e. The summed E-state index contributed by atoms with van der Waals surface area (Å²) in [7, 11) is 0. The Morgan fingerprint density at radius 3 is 2.64 bits per heavy atom. The predicted molar refractivity (Wildman–Crippen MR) is 133 cm³/mol. The van der Waals surface area contributed by atoms with Crippen LogP contribution in [0.2, 0.25) is 0 Å². The number of fused-ring (bicyclic) bond motifs is 6. The molecule has 6 heteroatoms. The molecule has 2 saturated carbocycles. The van der Waals surface area contributed by atoms with Gasteiger partial charge in [0, 0.05) is 18.3 Å². The Labute approximate surface area is 212 Å². The predicted octanol–water partition coefficient (Wildman–Crippen LogP) is 5.11. The summed E-state index contributed by atoms with van der Waals surface area (Å²) < 4.78 is 17.7. The Hall–Kier alpha value is -2.89. The van der Waals surface area contributed by atoms with E-state index in [1.54, 1.807) is 31.2 Å². The average molecular weight is 491 g/mol. The fourth-order valence-corrected chi connectivity index (χ4v) is 8.25. The maximum Gasteiger partial charge on any atom is 0.338 e. The van der Waals surface area contributed by atoms with Crippen molar-refractivity contribution >= 4 is 17.5 Å². The van der Waals surface area contributed by atoms with Crippen LogP contribution in [-0.2, 0) is 14.3 Å². The number of ether oxygens (including phenoxy) is 3. The van der Waals surface area contributed by atoms with E-state index in [-0.39, 0.29) is 52.2 Å². The van der Waals surface area contributed by atoms with E-state index in [0.717, 1.165) is 24.8 Å². The van der Waals surface area contributed by atoms with Crippen molar-refractivity contribution in [1.29, 1.82) is 0 Å². The van der Waals surface area contributed by atoms with Gasteiger partial charge in [-0.1, -0.05) is 26.0 Å². The van der Waals surface area contributed by atoms with Crippen LogP contribution in [0.1, 0.15) is 63.2 Å². The zero-order valence-electron chi connectivity index (χ0n) is 21.3. The maximum absolute atomic E-state index is 13.5. The topological polar surface area (TPSA) is 78.9 Å². The van der Waals surface area contributed by atoms with Crippen molar-refractivity contribution in [3.63, 3.8) is 0 Å². The molecule has 0 bridgehead atoms. The van der Waals surface area contributed by atoms with Crippen LogP contribution in [0.3, 0.4) is 0 Å². The molecule has 0 N–H and O–H groups in total. The molecule has 7 atom stereocenters. The third-order valence-electron chi connectivity index (χ3n) is 9.96. The summed E-state index contributed by atoms with van der Waals surface area (Å²) in [5, 5.41) is 0. The van der Waals surface area contributed by atoms with Gasteiger partial charge in [-0.2, -0.15) is 0 Å². The third-order valence-corrected chi connectivity index (χ3v) is 9.96. The molecule has 1 aromatic rings. The van der Waals surface area contributed by atoms with Crippen molar-refractivity contribution in [3.8, 4) is 11.5 Å². The summed E-state index contributed by atoms with van der Waals surface area (Å²) in [4.78, 5) is 38.5. The molecule has 0 amide bonds. The number of ketones is 2. The SMILES string of the molecule is CC(=O)[C@H]1CC[C@H]2[C@@H]3C=CC4=CC(=O)CC[C@@]4(C)[C@@H]3[C@@H](OC(=O)c3ccc4c(c3)OCCO4)C[C@]12C. The van der Waals surface area contributed by atoms with E-state index in [9.17, 15) is 14.4 Å². The molecule has 36 heavy (non-hydrogen) atoms. The lowest BCUT2D eigenvalue weighted by molar-refractivity contribution is -0.135. The van der Waals surface area contributed by atoms with E-state index in [2.05, 4.69) is 26.0 Å². The zero-order chi connectivity index (χ0) is 25.2. The van der Waals surface area contributed by atoms with Gasteiger partial charge in [0.15, 0.2) is 17.3 Å². The van der Waals surface area contributed by atoms with E-state index in [0.29, 0.717) is 49.0 Å². The highest BCUT2D eigenvalue weighted by Gasteiger charge is 2.63. The van der Waals surface area contributed by atoms with Crippen LogP contribution in [0.25, 0.3) is 0 Å². The van der Waals surface area contributed by atoms with Crippen LogP contribution in [0, 0.1) is 34.5 Å². The number of esters is 1. The van der Waals surface area contributed by atoms with E-state index in [1.807, 2.05) is 0 Å². The van der Waals surface area contributed by atoms with Crippen molar-refractivity contribution in [2.45, 2.75) is 59.0 Å². The molecule has 6 nitrogen and oxygen atoms in total. The first-order chi connectivity index (χ1) is 17.2. The second-order valence-corrected chi connectivity index (χ2v) is 11.8. The van der Waals surface area contributed by atoms with Gasteiger partial charge in [-0.15, -0.1) is 0 Å². The normalized spacial score (nSPS) is 38.4. The van der Waals surface area contributed by atoms with Gasteiger partial charge in [0.2, 0.25) is 0 Å². The number of hydrogen-bond donors (Lipinski definition) is 0. The molecule has 0 radical (unpaired) electrons. The molecule has 5 aliphatic rings. The minimum absolute atomic E-state index is 0.0231. The van der Waals surface area contributed by atoms with Gasteiger partial charge < -0.3 is 14.2 Å². The van der Waals surface area contributed by atoms with Crippen molar-refractivity contribution in [3.05, 3.63) is 47.6 Å². The lowest BCUT2D eigenvalue weighted by Crippen LogP contribution is -2.56. The summed E-state index contributed by atoms with van der Waals surface area (Å²) in [6, 6.07) is 5.18. The van der Waals surface area contributed by atoms with Crippen molar-refractivity contribution < 1.29 is 28.6 Å². The summed E-state index contributed by atoms with van der Waals surface area (Å²) >= 11 is 0. The van der Waals surface area contributed by atoms with Crippen LogP contribution in [0.4, 0.5) is 0 Å². The Bertz CT molecular complexity index is 1200. The highest BCUT2D eigenvalue weighted by molar-refractivity contribution is 5.92. The van der Waals surface area contributed by atoms with Crippen molar-refractivity contribution in [1.82, 2.24) is 0 Å². The first-order valence-corrected chi connectivity index (χ1v) is 13.2. The van der Waals surface area contributed by atoms with Crippen LogP contribution in [0.15, 0.2) is 42.0 Å². The van der Waals surface area contributed by atoms with Gasteiger partial charge >= 0.3 is 5.97 Å². The molecular weight excluding hydrogens is 456 g/mol. The number of carbonyl (C=O) groups excluding carboxylic acids is 3. The van der Waals surface area contributed by atoms with Gasteiger partial charge in [0.05, 0.1) is 5.56 Å². The molecular formula is C30H34O6. The molecule has 1 heterocycles. The highest BCUT2D eigenvalue weighted by atomic mass is 16.6. The van der Waals surface area contributed by atoms with Gasteiger partial charge in [-0.3, -0.25) is 9.59 Å². The van der Waals surface area contributed by atoms with Crippen molar-refractivity contribution in [2.24, 2.45) is 34.5 Å². The Kier molecular flexibility index (Phi) is 5.43. The lowest BCUT2D eigenvalue weighted by Gasteiger charge is -2.58. The molecule has 0 aromatic heterocycles. The van der Waals surface area contributed by atoms with Crippen LogP contribution >= 0.6 is 0 Å². The van der Waals surface area contributed by atoms with E-state index >= 15 is 0 Å². The van der Waals surface area contributed by atoms with Crippen molar-refractivity contribution in [2.75, 3.05) is 13.2 Å². The molecule has 2 fully saturated rings. The molecule has 0 unspecified atom stereocenters. The van der Waals surface area contributed by atoms with Crippen LogP contribution in [-0.4, -0.2) is 36.9 Å². The molecule has 1 aliphatic heterocycles. The molecule has 1 aromatic carbocycles. The van der Waals surface area contributed by atoms with Gasteiger partial charge in [-0.25, -0.2) is 4.79 Å². The fourth-order valence-electron chi connectivity index (χ4n) is 8.25. The Morgan fingerprint density at radius 1 is 1.08 bits per heavy atom. The number of hydrogen-bond acceptors (Lipinski definition) is 6. The van der Waals surface area contributed by atoms with E-state index < -0.39 is 0 Å². The van der Waals surface area contributed by atoms with Gasteiger partial charge in [0.25, 0.3) is 0 Å². The standard InChI is InChI=1S/C30H34O6/c1-17(31)22-7-8-23-21-6-5-19-15-20(32)10-11-29(19,2)27(21)26(16-30(22,23)3)36-28(33)18-4-9-24-25(14-18)35-13-12-34-24/h4-6,9,14-15,21-23,26-27H,7-8,10-13,16H2,1-3H3/t21-,22+,23-,26-,27-,29+,30+/m0/s1. The maximum atomic E-state index is 13.5. The zero-order valence-corrected chi connectivity index (χ0v) is 21.3. The molecule has 0 saturated heterocycles. The minimum Gasteiger partial charge on any atom is -0.486 e. The summed E-state index contributed by atoms with van der Waals surface area (Å²) in [6.07, 6.45) is 9.61. The summed E-state index contributed by atoms with van der Waals surface area (Å²) in [6.45, 7) is 7.10. The molecule has 6 rings (SSSR count). The first kappa shape index (κ1) is 23.5. The van der Waals surface area contributed by atoms with Crippen LogP contribution < -0.4 is 9.47 Å². The lowest BCUT2D eigenvalue weighted by atomic mass is 9.47. The summed E-state index contributed by atoms with van der Waals surface area (Å²) in [5.41, 5.74) is 1.01. The number of benzene rings is 1. The van der Waals surface area contributed by atoms with Gasteiger partial charge in [0.1, 0.15) is 25.1 Å². The number of Topliss-reactive ketones (excluding diaryl/α,β-unsaturated/α-hetero) is 1. The third kappa shape index (κ3) is 3.47. The highest BCUT2D eigenvalue weighted by Crippen LogP contribution is 2.65.